The second-order valence-corrected chi connectivity index (χ2v) is 6.87. The molecule has 1 aliphatic rings. The number of aliphatic hydroxyl groups excluding tert-OH is 1. The van der Waals surface area contributed by atoms with Crippen molar-refractivity contribution in [3.8, 4) is 5.69 Å². The Morgan fingerprint density at radius 1 is 1.11 bits per heavy atom. The summed E-state index contributed by atoms with van der Waals surface area (Å²) in [6.07, 6.45) is 5.63. The van der Waals surface area contributed by atoms with Crippen LogP contribution in [0.5, 0.6) is 0 Å². The molecule has 27 heavy (non-hydrogen) atoms. The van der Waals surface area contributed by atoms with Gasteiger partial charge in [0.2, 0.25) is 5.95 Å². The molecule has 0 unspecified atom stereocenters. The van der Waals surface area contributed by atoms with Crippen LogP contribution in [-0.4, -0.2) is 52.2 Å². The van der Waals surface area contributed by atoms with E-state index in [1.165, 1.54) is 0 Å². The van der Waals surface area contributed by atoms with E-state index in [0.717, 1.165) is 35.3 Å². The molecule has 9 heteroatoms. The van der Waals surface area contributed by atoms with E-state index in [2.05, 4.69) is 35.6 Å². The van der Waals surface area contributed by atoms with Crippen molar-refractivity contribution in [2.45, 2.75) is 38.3 Å². The monoisotopic (exact) mass is 362 g/mol. The SMILES string of the molecule is Cc1ncc2cc(-n3nnc4cnc(N[C@H]5CC[C@H](O)C5)nc43)ccc2n1. The number of nitrogens with zero attached hydrogens (tertiary/aromatic N) is 7. The smallest absolute Gasteiger partial charge is 0.225 e. The van der Waals surface area contributed by atoms with E-state index in [1.54, 1.807) is 17.1 Å². The average molecular weight is 362 g/mol. The Morgan fingerprint density at radius 3 is 2.89 bits per heavy atom. The Balaban J connectivity index is 1.53. The Hall–Kier alpha value is -3.20. The molecule has 5 rings (SSSR count). The highest BCUT2D eigenvalue weighted by atomic mass is 16.3. The van der Waals surface area contributed by atoms with Crippen molar-refractivity contribution in [1.29, 1.82) is 0 Å². The topological polar surface area (TPSA) is 115 Å². The number of anilines is 1. The van der Waals surface area contributed by atoms with Gasteiger partial charge in [-0.2, -0.15) is 9.67 Å². The van der Waals surface area contributed by atoms with Crippen LogP contribution in [0.15, 0.2) is 30.6 Å². The molecule has 1 saturated carbocycles. The van der Waals surface area contributed by atoms with E-state index in [4.69, 9.17) is 0 Å². The van der Waals surface area contributed by atoms with Crippen molar-refractivity contribution < 1.29 is 5.11 Å². The van der Waals surface area contributed by atoms with Crippen LogP contribution in [0.2, 0.25) is 0 Å². The zero-order valence-corrected chi connectivity index (χ0v) is 14.7. The fourth-order valence-electron chi connectivity index (χ4n) is 3.49. The van der Waals surface area contributed by atoms with Gasteiger partial charge >= 0.3 is 0 Å². The number of hydrogen-bond acceptors (Lipinski definition) is 8. The van der Waals surface area contributed by atoms with E-state index < -0.39 is 0 Å². The van der Waals surface area contributed by atoms with Gasteiger partial charge in [0.05, 0.1) is 23.5 Å². The van der Waals surface area contributed by atoms with Crippen LogP contribution in [0.1, 0.15) is 25.1 Å². The minimum atomic E-state index is -0.248. The fourth-order valence-corrected chi connectivity index (χ4v) is 3.49. The van der Waals surface area contributed by atoms with E-state index in [-0.39, 0.29) is 12.1 Å². The first-order valence-corrected chi connectivity index (χ1v) is 8.92. The summed E-state index contributed by atoms with van der Waals surface area (Å²) in [5.74, 6) is 1.26. The number of benzene rings is 1. The molecule has 1 aliphatic carbocycles. The summed E-state index contributed by atoms with van der Waals surface area (Å²) in [7, 11) is 0. The third-order valence-corrected chi connectivity index (χ3v) is 4.86. The Bertz CT molecular complexity index is 1140. The van der Waals surface area contributed by atoms with Gasteiger partial charge in [-0.25, -0.2) is 15.0 Å². The predicted molar refractivity (Wildman–Crippen MR) is 99.6 cm³/mol. The second kappa shape index (κ2) is 6.20. The minimum absolute atomic E-state index is 0.183. The van der Waals surface area contributed by atoms with Gasteiger partial charge in [0, 0.05) is 17.6 Å². The molecule has 0 aliphatic heterocycles. The molecule has 0 saturated heterocycles. The lowest BCUT2D eigenvalue weighted by Gasteiger charge is -2.11. The van der Waals surface area contributed by atoms with Crippen LogP contribution >= 0.6 is 0 Å². The van der Waals surface area contributed by atoms with Crippen LogP contribution in [0.25, 0.3) is 27.8 Å². The highest BCUT2D eigenvalue weighted by Gasteiger charge is 2.23. The lowest BCUT2D eigenvalue weighted by molar-refractivity contribution is 0.182. The first-order valence-electron chi connectivity index (χ1n) is 8.92. The van der Waals surface area contributed by atoms with E-state index >= 15 is 0 Å². The van der Waals surface area contributed by atoms with Crippen molar-refractivity contribution in [2.75, 3.05) is 5.32 Å². The molecule has 0 amide bonds. The van der Waals surface area contributed by atoms with Crippen LogP contribution < -0.4 is 5.32 Å². The molecule has 2 N–H and O–H groups in total. The van der Waals surface area contributed by atoms with Gasteiger partial charge in [0.25, 0.3) is 0 Å². The van der Waals surface area contributed by atoms with Gasteiger partial charge in [0.15, 0.2) is 11.2 Å². The van der Waals surface area contributed by atoms with Crippen LogP contribution in [0, 0.1) is 6.92 Å². The summed E-state index contributed by atoms with van der Waals surface area (Å²) in [5.41, 5.74) is 2.96. The summed E-state index contributed by atoms with van der Waals surface area (Å²) < 4.78 is 1.69. The number of nitrogens with one attached hydrogen (secondary N) is 1. The molecule has 3 heterocycles. The van der Waals surface area contributed by atoms with Gasteiger partial charge in [-0.1, -0.05) is 5.21 Å². The Kier molecular flexibility index (Phi) is 3.68. The van der Waals surface area contributed by atoms with Crippen molar-refractivity contribution in [3.05, 3.63) is 36.4 Å². The largest absolute Gasteiger partial charge is 0.393 e. The standard InChI is InChI=1S/C18H18N8O/c1-10-19-8-11-6-13(3-5-15(11)21-10)26-17-16(24-25-26)9-20-18(23-17)22-12-2-4-14(27)7-12/h3,5-6,8-9,12,14,27H,2,4,7H2,1H3,(H,20,22,23)/t12-,14-/m0/s1. The maximum absolute atomic E-state index is 9.70. The highest BCUT2D eigenvalue weighted by Crippen LogP contribution is 2.23. The maximum atomic E-state index is 9.70. The van der Waals surface area contributed by atoms with Crippen molar-refractivity contribution in [1.82, 2.24) is 34.9 Å². The summed E-state index contributed by atoms with van der Waals surface area (Å²) in [6.45, 7) is 1.87. The van der Waals surface area contributed by atoms with Gasteiger partial charge in [0.1, 0.15) is 5.82 Å². The third kappa shape index (κ3) is 2.95. The predicted octanol–water partition coefficient (Wildman–Crippen LogP) is 1.79. The summed E-state index contributed by atoms with van der Waals surface area (Å²) in [5, 5.41) is 22.3. The lowest BCUT2D eigenvalue weighted by Crippen LogP contribution is -2.18. The van der Waals surface area contributed by atoms with Crippen LogP contribution in [-0.2, 0) is 0 Å². The van der Waals surface area contributed by atoms with Gasteiger partial charge < -0.3 is 10.4 Å². The molecular weight excluding hydrogens is 344 g/mol. The summed E-state index contributed by atoms with van der Waals surface area (Å²) in [4.78, 5) is 17.6. The fraction of sp³-hybridized carbons (Fsp3) is 0.333. The Morgan fingerprint density at radius 2 is 2.04 bits per heavy atom. The molecule has 136 valence electrons. The lowest BCUT2D eigenvalue weighted by atomic mass is 10.2. The van der Waals surface area contributed by atoms with Gasteiger partial charge in [-0.3, -0.25) is 0 Å². The van der Waals surface area contributed by atoms with Gasteiger partial charge in [-0.05, 0) is 44.4 Å². The van der Waals surface area contributed by atoms with Gasteiger partial charge in [-0.15, -0.1) is 5.10 Å². The number of aliphatic hydroxyl groups is 1. The molecule has 2 atom stereocenters. The average Bonchev–Trinajstić information content (AvgIpc) is 3.27. The first kappa shape index (κ1) is 16.0. The summed E-state index contributed by atoms with van der Waals surface area (Å²) in [6, 6.07) is 6.02. The number of hydrogen-bond donors (Lipinski definition) is 2. The number of aromatic nitrogens is 7. The van der Waals surface area contributed by atoms with Crippen LogP contribution in [0.4, 0.5) is 5.95 Å². The number of fused-ring (bicyclic) bond motifs is 2. The normalized spacial score (nSPS) is 19.8. The molecule has 9 nitrogen and oxygen atoms in total. The van der Waals surface area contributed by atoms with Crippen LogP contribution in [0.3, 0.4) is 0 Å². The molecule has 0 spiro atoms. The molecule has 4 aromatic rings. The molecular formula is C18H18N8O. The minimum Gasteiger partial charge on any atom is -0.393 e. The molecule has 3 aromatic heterocycles. The van der Waals surface area contributed by atoms with Crippen molar-refractivity contribution in [3.63, 3.8) is 0 Å². The first-order chi connectivity index (χ1) is 13.2. The molecule has 0 bridgehead atoms. The van der Waals surface area contributed by atoms with E-state index in [9.17, 15) is 5.11 Å². The van der Waals surface area contributed by atoms with Crippen molar-refractivity contribution in [2.24, 2.45) is 0 Å². The number of rotatable bonds is 3. The van der Waals surface area contributed by atoms with E-state index in [0.29, 0.717) is 23.5 Å². The zero-order valence-electron chi connectivity index (χ0n) is 14.7. The summed E-state index contributed by atoms with van der Waals surface area (Å²) >= 11 is 0. The second-order valence-electron chi connectivity index (χ2n) is 6.87. The van der Waals surface area contributed by atoms with Crippen molar-refractivity contribution >= 4 is 28.0 Å². The third-order valence-electron chi connectivity index (χ3n) is 4.86. The Labute approximate surface area is 154 Å². The number of aryl methyl sites for hydroxylation is 1. The van der Waals surface area contributed by atoms with E-state index in [1.807, 2.05) is 25.1 Å². The molecule has 0 radical (unpaired) electrons. The highest BCUT2D eigenvalue weighted by molar-refractivity contribution is 5.81. The zero-order chi connectivity index (χ0) is 18.4. The maximum Gasteiger partial charge on any atom is 0.225 e. The molecule has 1 fully saturated rings. The quantitative estimate of drug-likeness (QED) is 0.567. The molecule has 1 aromatic carbocycles.